The van der Waals surface area contributed by atoms with E-state index in [2.05, 4.69) is 6.92 Å². The van der Waals surface area contributed by atoms with E-state index < -0.39 is 16.3 Å². The lowest BCUT2D eigenvalue weighted by atomic mass is 10.0. The number of benzene rings is 1. The predicted octanol–water partition coefficient (Wildman–Crippen LogP) is 2.36. The molecule has 2 unspecified atom stereocenters. The van der Waals surface area contributed by atoms with Crippen LogP contribution in [-0.4, -0.2) is 42.3 Å². The van der Waals surface area contributed by atoms with Gasteiger partial charge in [-0.3, -0.25) is 0 Å². The Labute approximate surface area is 127 Å². The van der Waals surface area contributed by atoms with Crippen LogP contribution in [0.1, 0.15) is 38.3 Å². The minimum Gasteiger partial charge on any atom is -0.508 e. The molecule has 5 nitrogen and oxygen atoms in total. The number of phenols is 1. The van der Waals surface area contributed by atoms with Gasteiger partial charge in [0.2, 0.25) is 0 Å². The topological polar surface area (TPSA) is 60.9 Å². The zero-order valence-corrected chi connectivity index (χ0v) is 13.7. The molecule has 1 aliphatic rings. The van der Waals surface area contributed by atoms with Gasteiger partial charge in [0.15, 0.2) is 0 Å². The lowest BCUT2D eigenvalue weighted by Gasteiger charge is -2.35. The van der Waals surface area contributed by atoms with Crippen LogP contribution in [0.15, 0.2) is 24.3 Å². The molecule has 0 aliphatic carbocycles. The fourth-order valence-corrected chi connectivity index (χ4v) is 4.45. The van der Waals surface area contributed by atoms with E-state index in [4.69, 9.17) is 0 Å². The molecular formula is C15H24N2O3S. The number of nitrogens with zero attached hydrogens (tertiary/aromatic N) is 2. The molecule has 1 aromatic carbocycles. The summed E-state index contributed by atoms with van der Waals surface area (Å²) < 4.78 is 28.4. The Bertz CT molecular complexity index is 588. The monoisotopic (exact) mass is 312 g/mol. The van der Waals surface area contributed by atoms with Gasteiger partial charge in [-0.25, -0.2) is 0 Å². The third kappa shape index (κ3) is 3.39. The first kappa shape index (κ1) is 16.3. The lowest BCUT2D eigenvalue weighted by molar-refractivity contribution is 0.254. The van der Waals surface area contributed by atoms with Crippen LogP contribution in [0.25, 0.3) is 0 Å². The highest BCUT2D eigenvalue weighted by molar-refractivity contribution is 7.86. The first-order valence-corrected chi connectivity index (χ1v) is 8.74. The van der Waals surface area contributed by atoms with E-state index in [0.29, 0.717) is 24.6 Å². The van der Waals surface area contributed by atoms with Crippen molar-refractivity contribution in [2.24, 2.45) is 5.92 Å². The van der Waals surface area contributed by atoms with Gasteiger partial charge < -0.3 is 5.11 Å². The van der Waals surface area contributed by atoms with Crippen molar-refractivity contribution in [3.8, 4) is 5.75 Å². The smallest absolute Gasteiger partial charge is 0.282 e. The van der Waals surface area contributed by atoms with Crippen molar-refractivity contribution < 1.29 is 13.5 Å². The van der Waals surface area contributed by atoms with Gasteiger partial charge in [0, 0.05) is 25.7 Å². The highest BCUT2D eigenvalue weighted by atomic mass is 32.2. The van der Waals surface area contributed by atoms with Crippen LogP contribution in [0.5, 0.6) is 5.75 Å². The van der Waals surface area contributed by atoms with Gasteiger partial charge >= 0.3 is 0 Å². The van der Waals surface area contributed by atoms with E-state index in [1.165, 1.54) is 4.31 Å². The maximum atomic E-state index is 12.7. The summed E-state index contributed by atoms with van der Waals surface area (Å²) in [4.78, 5) is 0. The number of rotatable bonds is 4. The van der Waals surface area contributed by atoms with E-state index in [9.17, 15) is 13.5 Å². The van der Waals surface area contributed by atoms with E-state index >= 15 is 0 Å². The van der Waals surface area contributed by atoms with Crippen LogP contribution in [0.3, 0.4) is 0 Å². The molecule has 1 heterocycles. The average molecular weight is 312 g/mol. The molecule has 6 heteroatoms. The van der Waals surface area contributed by atoms with Gasteiger partial charge in [-0.05, 0) is 31.7 Å². The minimum absolute atomic E-state index is 0.124. The van der Waals surface area contributed by atoms with Crippen LogP contribution >= 0.6 is 0 Å². The zero-order chi connectivity index (χ0) is 15.6. The number of piperidine rings is 1. The number of hydrogen-bond acceptors (Lipinski definition) is 3. The fraction of sp³-hybridized carbons (Fsp3) is 0.600. The van der Waals surface area contributed by atoms with E-state index in [1.54, 1.807) is 42.5 Å². The predicted molar refractivity (Wildman–Crippen MR) is 83.2 cm³/mol. The third-order valence-corrected chi connectivity index (χ3v) is 6.27. The molecule has 0 amide bonds. The quantitative estimate of drug-likeness (QED) is 0.928. The molecule has 2 rings (SSSR count). The Morgan fingerprint density at radius 2 is 2.05 bits per heavy atom. The Morgan fingerprint density at radius 1 is 1.38 bits per heavy atom. The molecule has 0 radical (unpaired) electrons. The zero-order valence-electron chi connectivity index (χ0n) is 12.9. The first-order valence-electron chi connectivity index (χ1n) is 7.35. The van der Waals surface area contributed by atoms with E-state index in [1.807, 2.05) is 0 Å². The van der Waals surface area contributed by atoms with Crippen molar-refractivity contribution in [2.45, 2.75) is 32.7 Å². The summed E-state index contributed by atoms with van der Waals surface area (Å²) in [7, 11) is -1.93. The second-order valence-corrected chi connectivity index (χ2v) is 7.85. The number of hydrogen-bond donors (Lipinski definition) is 1. The Balaban J connectivity index is 2.21. The van der Waals surface area contributed by atoms with Crippen molar-refractivity contribution in [3.63, 3.8) is 0 Å². The fourth-order valence-electron chi connectivity index (χ4n) is 2.77. The molecule has 1 N–H and O–H groups in total. The van der Waals surface area contributed by atoms with E-state index in [0.717, 1.165) is 12.8 Å². The minimum atomic E-state index is -3.50. The highest BCUT2D eigenvalue weighted by Gasteiger charge is 2.33. The largest absolute Gasteiger partial charge is 0.508 e. The maximum Gasteiger partial charge on any atom is 0.282 e. The average Bonchev–Trinajstić information content (AvgIpc) is 2.46. The molecular weight excluding hydrogens is 288 g/mol. The Morgan fingerprint density at radius 3 is 2.67 bits per heavy atom. The molecule has 0 bridgehead atoms. The normalized spacial score (nSPS) is 22.4. The summed E-state index contributed by atoms with van der Waals surface area (Å²) in [5, 5.41) is 9.91. The van der Waals surface area contributed by atoms with Crippen LogP contribution < -0.4 is 0 Å². The summed E-state index contributed by atoms with van der Waals surface area (Å²) in [5.74, 6) is 0.515. The molecule has 0 aromatic heterocycles. The summed E-state index contributed by atoms with van der Waals surface area (Å²) in [6.07, 6.45) is 1.98. The molecule has 0 spiro atoms. The van der Waals surface area contributed by atoms with Gasteiger partial charge in [-0.2, -0.15) is 17.0 Å². The van der Waals surface area contributed by atoms with Crippen LogP contribution in [-0.2, 0) is 10.2 Å². The molecule has 21 heavy (non-hydrogen) atoms. The van der Waals surface area contributed by atoms with Crippen molar-refractivity contribution in [1.82, 2.24) is 8.61 Å². The lowest BCUT2D eigenvalue weighted by Crippen LogP contribution is -2.46. The summed E-state index contributed by atoms with van der Waals surface area (Å²) in [6, 6.07) is 6.45. The van der Waals surface area contributed by atoms with Crippen molar-refractivity contribution in [2.75, 3.05) is 20.1 Å². The molecule has 1 fully saturated rings. The Hall–Kier alpha value is -1.11. The number of aromatic hydroxyl groups is 1. The van der Waals surface area contributed by atoms with Crippen LogP contribution in [0.4, 0.5) is 0 Å². The van der Waals surface area contributed by atoms with Gasteiger partial charge in [0.25, 0.3) is 10.2 Å². The van der Waals surface area contributed by atoms with Gasteiger partial charge in [-0.15, -0.1) is 0 Å². The van der Waals surface area contributed by atoms with Crippen molar-refractivity contribution >= 4 is 10.2 Å². The molecule has 1 aliphatic heterocycles. The maximum absolute atomic E-state index is 12.7. The van der Waals surface area contributed by atoms with Crippen LogP contribution in [0, 0.1) is 5.92 Å². The second-order valence-electron chi connectivity index (χ2n) is 5.86. The SMILES string of the molecule is CC1CCCN(S(=O)(=O)N(C)C(C)c2ccccc2O)C1. The molecule has 1 aromatic rings. The van der Waals surface area contributed by atoms with E-state index in [-0.39, 0.29) is 5.75 Å². The second kappa shape index (κ2) is 6.34. The first-order chi connectivity index (χ1) is 9.84. The number of para-hydroxylation sites is 1. The van der Waals surface area contributed by atoms with Crippen molar-refractivity contribution in [1.29, 1.82) is 0 Å². The molecule has 2 atom stereocenters. The van der Waals surface area contributed by atoms with Gasteiger partial charge in [0.1, 0.15) is 5.75 Å². The molecule has 1 saturated heterocycles. The number of phenolic OH excluding ortho intramolecular Hbond substituents is 1. The third-order valence-electron chi connectivity index (χ3n) is 4.24. The van der Waals surface area contributed by atoms with Gasteiger partial charge in [-0.1, -0.05) is 25.1 Å². The summed E-state index contributed by atoms with van der Waals surface area (Å²) in [5.41, 5.74) is 0.619. The molecule has 118 valence electrons. The van der Waals surface area contributed by atoms with Crippen LogP contribution in [0.2, 0.25) is 0 Å². The highest BCUT2D eigenvalue weighted by Crippen LogP contribution is 2.30. The van der Waals surface area contributed by atoms with Gasteiger partial charge in [0.05, 0.1) is 6.04 Å². The summed E-state index contributed by atoms with van der Waals surface area (Å²) in [6.45, 7) is 5.01. The Kier molecular flexibility index (Phi) is 4.91. The summed E-state index contributed by atoms with van der Waals surface area (Å²) >= 11 is 0. The van der Waals surface area contributed by atoms with Crippen molar-refractivity contribution in [3.05, 3.63) is 29.8 Å². The molecule has 0 saturated carbocycles. The standard InChI is InChI=1S/C15H24N2O3S/c1-12-7-6-10-17(11-12)21(19,20)16(3)13(2)14-8-4-5-9-15(14)18/h4-5,8-9,12-13,18H,6-7,10-11H2,1-3H3.